The summed E-state index contributed by atoms with van der Waals surface area (Å²) in [7, 11) is 4.52. The summed E-state index contributed by atoms with van der Waals surface area (Å²) in [5.41, 5.74) is 1.83. The molecule has 0 fully saturated rings. The summed E-state index contributed by atoms with van der Waals surface area (Å²) in [5, 5.41) is 17.2. The number of rotatable bonds is 6. The Morgan fingerprint density at radius 2 is 1.76 bits per heavy atom. The van der Waals surface area contributed by atoms with Crippen LogP contribution in [0.1, 0.15) is 21.6 Å². The van der Waals surface area contributed by atoms with Crippen LogP contribution in [0, 0.1) is 0 Å². The zero-order valence-electron chi connectivity index (χ0n) is 14.1. The minimum atomic E-state index is -0.280. The average molecular weight is 342 g/mol. The van der Waals surface area contributed by atoms with E-state index in [2.05, 4.69) is 10.2 Å². The number of ketones is 1. The molecule has 0 aliphatic carbocycles. The van der Waals surface area contributed by atoms with E-state index in [1.807, 2.05) is 0 Å². The van der Waals surface area contributed by atoms with Crippen LogP contribution in [0.5, 0.6) is 17.2 Å². The fourth-order valence-corrected chi connectivity index (χ4v) is 2.71. The van der Waals surface area contributed by atoms with Gasteiger partial charge in [-0.05, 0) is 24.3 Å². The lowest BCUT2D eigenvalue weighted by Crippen LogP contribution is -2.06. The van der Waals surface area contributed by atoms with Crippen LogP contribution in [-0.4, -0.2) is 42.4 Å². The molecule has 1 heterocycles. The van der Waals surface area contributed by atoms with Crippen LogP contribution >= 0.6 is 0 Å². The molecule has 3 rings (SSSR count). The van der Waals surface area contributed by atoms with E-state index in [9.17, 15) is 9.90 Å². The molecule has 0 atom stereocenters. The van der Waals surface area contributed by atoms with E-state index < -0.39 is 0 Å². The average Bonchev–Trinajstić information content (AvgIpc) is 3.08. The number of carbonyl (C=O) groups is 1. The molecule has 0 unspecified atom stereocenters. The second-order valence-electron chi connectivity index (χ2n) is 5.33. The molecule has 130 valence electrons. The molecule has 0 radical (unpaired) electrons. The van der Waals surface area contributed by atoms with Gasteiger partial charge in [0.1, 0.15) is 22.9 Å². The Kier molecular flexibility index (Phi) is 4.58. The number of benzene rings is 2. The van der Waals surface area contributed by atoms with Crippen molar-refractivity contribution in [2.45, 2.75) is 6.61 Å². The third-order valence-electron chi connectivity index (χ3n) is 4.01. The normalized spacial score (nSPS) is 10.7. The number of H-pyrrole nitrogens is 1. The highest BCUT2D eigenvalue weighted by Crippen LogP contribution is 2.32. The number of methoxy groups -OCH3 is 3. The molecule has 7 heteroatoms. The Bertz CT molecular complexity index is 907. The number of ether oxygens (including phenoxy) is 3. The van der Waals surface area contributed by atoms with Crippen molar-refractivity contribution >= 4 is 16.7 Å². The molecule has 7 nitrogen and oxygen atoms in total. The zero-order chi connectivity index (χ0) is 18.0. The van der Waals surface area contributed by atoms with Crippen molar-refractivity contribution in [1.29, 1.82) is 0 Å². The number of hydrogen-bond acceptors (Lipinski definition) is 6. The van der Waals surface area contributed by atoms with Gasteiger partial charge in [-0.25, -0.2) is 0 Å². The van der Waals surface area contributed by atoms with Crippen molar-refractivity contribution < 1.29 is 24.1 Å². The van der Waals surface area contributed by atoms with Crippen molar-refractivity contribution in [3.8, 4) is 17.2 Å². The summed E-state index contributed by atoms with van der Waals surface area (Å²) < 4.78 is 15.7. The van der Waals surface area contributed by atoms with Crippen molar-refractivity contribution in [2.24, 2.45) is 0 Å². The van der Waals surface area contributed by atoms with Crippen LogP contribution < -0.4 is 14.2 Å². The van der Waals surface area contributed by atoms with E-state index in [-0.39, 0.29) is 12.4 Å². The molecule has 0 bridgehead atoms. The Hall–Kier alpha value is -3.06. The molecule has 25 heavy (non-hydrogen) atoms. The van der Waals surface area contributed by atoms with Crippen LogP contribution in [0.2, 0.25) is 0 Å². The lowest BCUT2D eigenvalue weighted by atomic mass is 10.0. The van der Waals surface area contributed by atoms with Crippen LogP contribution in [0.3, 0.4) is 0 Å². The van der Waals surface area contributed by atoms with Gasteiger partial charge in [0.15, 0.2) is 0 Å². The van der Waals surface area contributed by atoms with E-state index in [0.29, 0.717) is 45.0 Å². The highest BCUT2D eigenvalue weighted by molar-refractivity contribution is 6.15. The van der Waals surface area contributed by atoms with Gasteiger partial charge in [0, 0.05) is 17.0 Å². The quantitative estimate of drug-likeness (QED) is 0.668. The number of aliphatic hydroxyl groups is 1. The maximum Gasteiger partial charge on any atom is 0.214 e. The minimum Gasteiger partial charge on any atom is -0.497 e. The standard InChI is InChI=1S/C18H18N2O5/c1-23-11-4-5-12-14(8-11)19-20-17(12)18(22)10-6-15(24-2)13(9-21)16(7-10)25-3/h4-8,21H,9H2,1-3H3,(H,19,20). The lowest BCUT2D eigenvalue weighted by Gasteiger charge is -2.13. The second-order valence-corrected chi connectivity index (χ2v) is 5.33. The highest BCUT2D eigenvalue weighted by atomic mass is 16.5. The van der Waals surface area contributed by atoms with E-state index in [4.69, 9.17) is 14.2 Å². The third-order valence-corrected chi connectivity index (χ3v) is 4.01. The Morgan fingerprint density at radius 1 is 1.08 bits per heavy atom. The van der Waals surface area contributed by atoms with Crippen molar-refractivity contribution in [2.75, 3.05) is 21.3 Å². The van der Waals surface area contributed by atoms with E-state index in [1.165, 1.54) is 14.2 Å². The number of aromatic nitrogens is 2. The predicted molar refractivity (Wildman–Crippen MR) is 91.5 cm³/mol. The number of fused-ring (bicyclic) bond motifs is 1. The molecule has 1 aromatic heterocycles. The molecule has 0 aliphatic rings. The molecule has 0 saturated carbocycles. The van der Waals surface area contributed by atoms with Crippen molar-refractivity contribution in [1.82, 2.24) is 10.2 Å². The van der Waals surface area contributed by atoms with Crippen LogP contribution in [0.4, 0.5) is 0 Å². The Labute approximate surface area is 144 Å². The zero-order valence-corrected chi connectivity index (χ0v) is 14.1. The number of aliphatic hydroxyl groups excluding tert-OH is 1. The molecular formula is C18H18N2O5. The number of carbonyl (C=O) groups excluding carboxylic acids is 1. The molecule has 0 spiro atoms. The minimum absolute atomic E-state index is 0.258. The molecule has 2 N–H and O–H groups in total. The predicted octanol–water partition coefficient (Wildman–Crippen LogP) is 2.31. The Morgan fingerprint density at radius 3 is 2.32 bits per heavy atom. The summed E-state index contributed by atoms with van der Waals surface area (Å²) in [6, 6.07) is 8.46. The summed E-state index contributed by atoms with van der Waals surface area (Å²) >= 11 is 0. The molecule has 2 aromatic carbocycles. The first-order valence-electron chi connectivity index (χ1n) is 7.55. The summed E-state index contributed by atoms with van der Waals surface area (Å²) in [5.74, 6) is 1.15. The van der Waals surface area contributed by atoms with Gasteiger partial charge < -0.3 is 19.3 Å². The van der Waals surface area contributed by atoms with Crippen LogP contribution in [0.25, 0.3) is 10.9 Å². The Balaban J connectivity index is 2.09. The first-order valence-corrected chi connectivity index (χ1v) is 7.55. The molecule has 0 aliphatic heterocycles. The van der Waals surface area contributed by atoms with Gasteiger partial charge in [-0.1, -0.05) is 0 Å². The van der Waals surface area contributed by atoms with Crippen LogP contribution in [-0.2, 0) is 6.61 Å². The number of nitrogens with one attached hydrogen (secondary N) is 1. The SMILES string of the molecule is COc1ccc2c(C(=O)c3cc(OC)c(CO)c(OC)c3)n[nH]c2c1. The topological polar surface area (TPSA) is 93.7 Å². The number of nitrogens with zero attached hydrogens (tertiary/aromatic N) is 1. The summed E-state index contributed by atoms with van der Waals surface area (Å²) in [6.07, 6.45) is 0. The largest absolute Gasteiger partial charge is 0.497 e. The highest BCUT2D eigenvalue weighted by Gasteiger charge is 2.20. The molecular weight excluding hydrogens is 324 g/mol. The molecule has 3 aromatic rings. The summed E-state index contributed by atoms with van der Waals surface area (Å²) in [4.78, 5) is 12.9. The maximum atomic E-state index is 12.9. The van der Waals surface area contributed by atoms with Gasteiger partial charge in [-0.15, -0.1) is 0 Å². The molecule has 0 amide bonds. The fourth-order valence-electron chi connectivity index (χ4n) is 2.71. The number of hydrogen-bond donors (Lipinski definition) is 2. The van der Waals surface area contributed by atoms with Crippen molar-refractivity contribution in [3.05, 3.63) is 47.2 Å². The lowest BCUT2D eigenvalue weighted by molar-refractivity contribution is 0.103. The third kappa shape index (κ3) is 2.89. The molecule has 0 saturated heterocycles. The first-order chi connectivity index (χ1) is 12.1. The van der Waals surface area contributed by atoms with Gasteiger partial charge in [0.25, 0.3) is 0 Å². The summed E-state index contributed by atoms with van der Waals surface area (Å²) in [6.45, 7) is -0.258. The number of aromatic amines is 1. The van der Waals surface area contributed by atoms with Gasteiger partial charge in [-0.3, -0.25) is 9.89 Å². The van der Waals surface area contributed by atoms with E-state index >= 15 is 0 Å². The van der Waals surface area contributed by atoms with E-state index in [0.717, 1.165) is 0 Å². The maximum absolute atomic E-state index is 12.9. The van der Waals surface area contributed by atoms with Gasteiger partial charge >= 0.3 is 0 Å². The van der Waals surface area contributed by atoms with Gasteiger partial charge in [-0.2, -0.15) is 5.10 Å². The second kappa shape index (κ2) is 6.82. The van der Waals surface area contributed by atoms with Crippen LogP contribution in [0.15, 0.2) is 30.3 Å². The van der Waals surface area contributed by atoms with Gasteiger partial charge in [0.2, 0.25) is 5.78 Å². The fraction of sp³-hybridized carbons (Fsp3) is 0.222. The first kappa shape index (κ1) is 16.8. The van der Waals surface area contributed by atoms with E-state index in [1.54, 1.807) is 37.4 Å². The monoisotopic (exact) mass is 342 g/mol. The van der Waals surface area contributed by atoms with Crippen molar-refractivity contribution in [3.63, 3.8) is 0 Å². The van der Waals surface area contributed by atoms with Gasteiger partial charge in [0.05, 0.1) is 39.0 Å². The smallest absolute Gasteiger partial charge is 0.214 e.